The van der Waals surface area contributed by atoms with E-state index in [1.807, 2.05) is 88.4 Å². The van der Waals surface area contributed by atoms with Crippen LogP contribution in [-0.4, -0.2) is 71.6 Å². The van der Waals surface area contributed by atoms with Gasteiger partial charge in [-0.2, -0.15) is 21.6 Å². The maximum absolute atomic E-state index is 13.1. The van der Waals surface area contributed by atoms with Crippen molar-refractivity contribution in [2.24, 2.45) is 0 Å². The van der Waals surface area contributed by atoms with Crippen LogP contribution in [0.1, 0.15) is 58.1 Å². The van der Waals surface area contributed by atoms with Crippen LogP contribution in [-0.2, 0) is 50.9 Å². The van der Waals surface area contributed by atoms with E-state index in [0.717, 1.165) is 29.3 Å². The summed E-state index contributed by atoms with van der Waals surface area (Å²) in [6.07, 6.45) is -1.95. The first-order valence-corrected chi connectivity index (χ1v) is 20.0. The standard InChI is InChI=1S/C33H47F3O8SSi/c1-5-46(6-2,7-3)44-29-20-28-27(42-30(29)24-41-45(37,38)33(34,35)36)21-31(40-23-26-16-12-9-13-17-26)32(4,43-28)18-19-39-22-25-14-10-8-11-15-25/h8-17,27-31H,5-7,18-24H2,1-4H3/t27-,28+,29-,30+,31+,32-/m1/s1. The molecule has 0 aliphatic carbocycles. The van der Waals surface area contributed by atoms with Crippen LogP contribution < -0.4 is 0 Å². The van der Waals surface area contributed by atoms with Crippen molar-refractivity contribution in [2.75, 3.05) is 13.2 Å². The Morgan fingerprint density at radius 1 is 0.891 bits per heavy atom. The summed E-state index contributed by atoms with van der Waals surface area (Å²) in [7, 11) is -8.09. The van der Waals surface area contributed by atoms with Crippen molar-refractivity contribution in [1.29, 1.82) is 0 Å². The predicted octanol–water partition coefficient (Wildman–Crippen LogP) is 7.14. The third-order valence-corrected chi connectivity index (χ3v) is 15.0. The average molecular weight is 689 g/mol. The maximum atomic E-state index is 13.1. The molecule has 2 aromatic rings. The average Bonchev–Trinajstić information content (AvgIpc) is 3.04. The van der Waals surface area contributed by atoms with Gasteiger partial charge in [-0.3, -0.25) is 4.18 Å². The molecule has 2 aromatic carbocycles. The molecule has 0 N–H and O–H groups in total. The molecule has 8 nitrogen and oxygen atoms in total. The highest BCUT2D eigenvalue weighted by molar-refractivity contribution is 7.87. The lowest BCUT2D eigenvalue weighted by Crippen LogP contribution is -2.62. The number of fused-ring (bicyclic) bond motifs is 1. The molecule has 2 saturated heterocycles. The monoisotopic (exact) mass is 688 g/mol. The summed E-state index contributed by atoms with van der Waals surface area (Å²) in [6.45, 7) is 8.52. The van der Waals surface area contributed by atoms with Crippen LogP contribution in [0.2, 0.25) is 18.1 Å². The second-order valence-corrected chi connectivity index (χ2v) is 18.6. The summed E-state index contributed by atoms with van der Waals surface area (Å²) in [4.78, 5) is 0. The van der Waals surface area contributed by atoms with Crippen molar-refractivity contribution < 1.29 is 49.1 Å². The van der Waals surface area contributed by atoms with E-state index in [1.54, 1.807) is 0 Å². The lowest BCUT2D eigenvalue weighted by atomic mass is 9.83. The summed E-state index contributed by atoms with van der Waals surface area (Å²) < 4.78 is 99.9. The summed E-state index contributed by atoms with van der Waals surface area (Å²) in [5, 5.41) is 0. The Labute approximate surface area is 272 Å². The van der Waals surface area contributed by atoms with E-state index in [9.17, 15) is 21.6 Å². The fourth-order valence-corrected chi connectivity index (χ4v) is 9.57. The van der Waals surface area contributed by atoms with Crippen LogP contribution in [0.5, 0.6) is 0 Å². The lowest BCUT2D eigenvalue weighted by Gasteiger charge is -2.53. The number of alkyl halides is 3. The van der Waals surface area contributed by atoms with Gasteiger partial charge in [0.2, 0.25) is 0 Å². The van der Waals surface area contributed by atoms with Crippen molar-refractivity contribution in [3.8, 4) is 0 Å². The van der Waals surface area contributed by atoms with Gasteiger partial charge in [-0.15, -0.1) is 0 Å². The van der Waals surface area contributed by atoms with E-state index in [-0.39, 0.29) is 0 Å². The van der Waals surface area contributed by atoms with E-state index in [1.165, 1.54) is 0 Å². The molecule has 0 saturated carbocycles. The van der Waals surface area contributed by atoms with Crippen molar-refractivity contribution in [1.82, 2.24) is 0 Å². The third-order valence-electron chi connectivity index (χ3n) is 9.35. The predicted molar refractivity (Wildman–Crippen MR) is 170 cm³/mol. The van der Waals surface area contributed by atoms with E-state index >= 15 is 0 Å². The molecule has 2 aliphatic heterocycles. The zero-order valence-electron chi connectivity index (χ0n) is 27.0. The highest BCUT2D eigenvalue weighted by Gasteiger charge is 2.53. The van der Waals surface area contributed by atoms with Gasteiger partial charge < -0.3 is 23.4 Å². The fraction of sp³-hybridized carbons (Fsp3) is 0.636. The second kappa shape index (κ2) is 16.0. The number of hydrogen-bond donors (Lipinski definition) is 0. The summed E-state index contributed by atoms with van der Waals surface area (Å²) in [5.74, 6) is 0. The van der Waals surface area contributed by atoms with Gasteiger partial charge in [0, 0.05) is 25.9 Å². The van der Waals surface area contributed by atoms with Crippen LogP contribution in [0.4, 0.5) is 13.2 Å². The van der Waals surface area contributed by atoms with Crippen molar-refractivity contribution in [3.63, 3.8) is 0 Å². The van der Waals surface area contributed by atoms with Gasteiger partial charge in [-0.25, -0.2) is 0 Å². The topological polar surface area (TPSA) is 89.5 Å². The van der Waals surface area contributed by atoms with Gasteiger partial charge in [0.25, 0.3) is 0 Å². The summed E-state index contributed by atoms with van der Waals surface area (Å²) in [5.41, 5.74) is -4.26. The fourth-order valence-electron chi connectivity index (χ4n) is 6.24. The Hall–Kier alpha value is -1.84. The molecule has 2 heterocycles. The Kier molecular flexibility index (Phi) is 12.9. The van der Waals surface area contributed by atoms with Crippen molar-refractivity contribution in [3.05, 3.63) is 71.8 Å². The van der Waals surface area contributed by atoms with Crippen LogP contribution in [0, 0.1) is 0 Å². The number of rotatable bonds is 16. The molecule has 0 aromatic heterocycles. The smallest absolute Gasteiger partial charge is 0.411 e. The largest absolute Gasteiger partial charge is 0.523 e. The first kappa shape index (κ1) is 37.0. The molecular formula is C33H47F3O8SSi. The third kappa shape index (κ3) is 9.40. The van der Waals surface area contributed by atoms with Gasteiger partial charge in [0.15, 0.2) is 8.32 Å². The highest BCUT2D eigenvalue weighted by Crippen LogP contribution is 2.42. The Morgan fingerprint density at radius 3 is 2.04 bits per heavy atom. The van der Waals surface area contributed by atoms with Crippen LogP contribution >= 0.6 is 0 Å². The molecule has 6 atom stereocenters. The number of hydrogen-bond acceptors (Lipinski definition) is 8. The van der Waals surface area contributed by atoms with Crippen LogP contribution in [0.15, 0.2) is 60.7 Å². The molecule has 13 heteroatoms. The first-order chi connectivity index (χ1) is 21.8. The van der Waals surface area contributed by atoms with Gasteiger partial charge in [-0.1, -0.05) is 81.4 Å². The first-order valence-electron chi connectivity index (χ1n) is 16.1. The minimum absolute atomic E-state index is 0.325. The zero-order chi connectivity index (χ0) is 33.4. The van der Waals surface area contributed by atoms with E-state index in [2.05, 4.69) is 4.18 Å². The zero-order valence-corrected chi connectivity index (χ0v) is 28.9. The van der Waals surface area contributed by atoms with Gasteiger partial charge in [-0.05, 0) is 36.2 Å². The highest BCUT2D eigenvalue weighted by atomic mass is 32.2. The van der Waals surface area contributed by atoms with E-state index < -0.39 is 66.7 Å². The molecule has 4 rings (SSSR count). The summed E-state index contributed by atoms with van der Waals surface area (Å²) in [6, 6.07) is 22.0. The molecule has 0 amide bonds. The Bertz CT molecular complexity index is 1300. The minimum atomic E-state index is -5.81. The van der Waals surface area contributed by atoms with Gasteiger partial charge >= 0.3 is 15.6 Å². The van der Waals surface area contributed by atoms with Crippen LogP contribution in [0.25, 0.3) is 0 Å². The van der Waals surface area contributed by atoms with E-state index in [4.69, 9.17) is 23.4 Å². The number of benzene rings is 2. The quantitative estimate of drug-likeness (QED) is 0.0796. The normalized spacial score (nSPS) is 27.3. The molecule has 0 spiro atoms. The Morgan fingerprint density at radius 2 is 1.48 bits per heavy atom. The maximum Gasteiger partial charge on any atom is 0.523 e. The molecule has 258 valence electrons. The lowest BCUT2D eigenvalue weighted by molar-refractivity contribution is -0.285. The van der Waals surface area contributed by atoms with Crippen molar-refractivity contribution >= 4 is 18.4 Å². The number of ether oxygens (including phenoxy) is 4. The number of halogens is 3. The minimum Gasteiger partial charge on any atom is -0.411 e. The van der Waals surface area contributed by atoms with Crippen LogP contribution in [0.3, 0.4) is 0 Å². The molecule has 0 radical (unpaired) electrons. The molecule has 46 heavy (non-hydrogen) atoms. The SMILES string of the molecule is CC[Si](CC)(CC)O[C@@H]1C[C@@H]2O[C@](C)(CCOCc3ccccc3)[C@@H](OCc3ccccc3)C[C@H]2O[C@H]1COS(=O)(=O)C(F)(F)F. The molecule has 2 aliphatic rings. The molecule has 0 unspecified atom stereocenters. The molecule has 0 bridgehead atoms. The second-order valence-electron chi connectivity index (χ2n) is 12.3. The summed E-state index contributed by atoms with van der Waals surface area (Å²) >= 11 is 0. The molecule has 2 fully saturated rings. The van der Waals surface area contributed by atoms with Gasteiger partial charge in [0.05, 0.1) is 49.8 Å². The molecular weight excluding hydrogens is 642 g/mol. The van der Waals surface area contributed by atoms with E-state index in [0.29, 0.717) is 39.1 Å². The Balaban J connectivity index is 1.54. The van der Waals surface area contributed by atoms with Crippen molar-refractivity contribution in [2.45, 2.75) is 120 Å². The van der Waals surface area contributed by atoms with Gasteiger partial charge in [0.1, 0.15) is 6.10 Å².